The zero-order chi connectivity index (χ0) is 14.0. The summed E-state index contributed by atoms with van der Waals surface area (Å²) in [5.74, 6) is -0.777. The maximum atomic E-state index is 12.0. The molecule has 1 aliphatic rings. The van der Waals surface area contributed by atoms with Gasteiger partial charge < -0.3 is 20.7 Å². The van der Waals surface area contributed by atoms with Gasteiger partial charge >= 0.3 is 7.12 Å². The molecule has 0 bridgehead atoms. The topological polar surface area (TPSA) is 102 Å². The number of rotatable bonds is 4. The molecule has 100 valence electrons. The second-order valence-corrected chi connectivity index (χ2v) is 4.62. The van der Waals surface area contributed by atoms with Gasteiger partial charge in [0.2, 0.25) is 5.91 Å². The lowest BCUT2D eigenvalue weighted by Crippen LogP contribution is -2.36. The summed E-state index contributed by atoms with van der Waals surface area (Å²) in [5, 5.41) is 12.2. The number of fused-ring (bicyclic) bond motifs is 1. The Morgan fingerprint density at radius 1 is 1.58 bits per heavy atom. The van der Waals surface area contributed by atoms with E-state index < -0.39 is 13.0 Å². The number of hydrogen-bond donors (Lipinski definition) is 3. The molecule has 1 heterocycles. The molecule has 1 aromatic carbocycles. The summed E-state index contributed by atoms with van der Waals surface area (Å²) in [5.41, 5.74) is 6.95. The minimum atomic E-state index is -0.981. The fourth-order valence-corrected chi connectivity index (χ4v) is 2.02. The summed E-state index contributed by atoms with van der Waals surface area (Å²) in [6.45, 7) is 2.05. The summed E-state index contributed by atoms with van der Waals surface area (Å²) in [7, 11) is -0.981. The molecule has 1 aromatic rings. The van der Waals surface area contributed by atoms with Crippen LogP contribution in [0.15, 0.2) is 18.2 Å². The SMILES string of the molecule is CC(CC(N)=O)NC(=O)c1ccc2c(c1)B(O)OC2. The van der Waals surface area contributed by atoms with Gasteiger partial charge in [-0.3, -0.25) is 9.59 Å². The smallest absolute Gasteiger partial charge is 0.423 e. The molecular weight excluding hydrogens is 247 g/mol. The minimum Gasteiger partial charge on any atom is -0.423 e. The summed E-state index contributed by atoms with van der Waals surface area (Å²) in [6.07, 6.45) is 0.0857. The highest BCUT2D eigenvalue weighted by Gasteiger charge is 2.28. The van der Waals surface area contributed by atoms with Crippen molar-refractivity contribution in [3.05, 3.63) is 29.3 Å². The van der Waals surface area contributed by atoms with Crippen molar-refractivity contribution in [2.45, 2.75) is 26.0 Å². The van der Waals surface area contributed by atoms with Crippen molar-refractivity contribution in [3.63, 3.8) is 0 Å². The van der Waals surface area contributed by atoms with Crippen molar-refractivity contribution in [1.82, 2.24) is 5.32 Å². The molecule has 1 aliphatic heterocycles. The number of nitrogens with two attached hydrogens (primary N) is 1. The highest BCUT2D eigenvalue weighted by molar-refractivity contribution is 6.61. The van der Waals surface area contributed by atoms with E-state index >= 15 is 0 Å². The molecule has 19 heavy (non-hydrogen) atoms. The van der Waals surface area contributed by atoms with Crippen molar-refractivity contribution in [2.75, 3.05) is 0 Å². The van der Waals surface area contributed by atoms with E-state index in [-0.39, 0.29) is 18.4 Å². The molecule has 0 saturated carbocycles. The van der Waals surface area contributed by atoms with Crippen LogP contribution in [-0.2, 0) is 16.1 Å². The van der Waals surface area contributed by atoms with Crippen LogP contribution in [0.5, 0.6) is 0 Å². The zero-order valence-corrected chi connectivity index (χ0v) is 10.6. The van der Waals surface area contributed by atoms with Gasteiger partial charge in [-0.2, -0.15) is 0 Å². The molecule has 0 fully saturated rings. The molecule has 0 saturated heterocycles. The molecule has 1 atom stereocenters. The van der Waals surface area contributed by atoms with Crippen LogP contribution in [0.2, 0.25) is 0 Å². The third-order valence-corrected chi connectivity index (χ3v) is 2.96. The number of carbonyl (C=O) groups is 2. The van der Waals surface area contributed by atoms with Gasteiger partial charge in [0, 0.05) is 18.0 Å². The Balaban J connectivity index is 2.08. The maximum absolute atomic E-state index is 12.0. The van der Waals surface area contributed by atoms with Crippen molar-refractivity contribution in [2.24, 2.45) is 5.73 Å². The lowest BCUT2D eigenvalue weighted by molar-refractivity contribution is -0.118. The number of nitrogens with one attached hydrogen (secondary N) is 1. The summed E-state index contributed by atoms with van der Waals surface area (Å²) < 4.78 is 5.05. The van der Waals surface area contributed by atoms with E-state index in [9.17, 15) is 14.6 Å². The molecular formula is C12H15BN2O4. The van der Waals surface area contributed by atoms with Crippen LogP contribution in [0.4, 0.5) is 0 Å². The Morgan fingerprint density at radius 3 is 3.00 bits per heavy atom. The van der Waals surface area contributed by atoms with Crippen molar-refractivity contribution in [1.29, 1.82) is 0 Å². The minimum absolute atomic E-state index is 0.0857. The Labute approximate surface area is 111 Å². The third kappa shape index (κ3) is 3.13. The summed E-state index contributed by atoms with van der Waals surface area (Å²) in [4.78, 5) is 22.7. The van der Waals surface area contributed by atoms with Crippen molar-refractivity contribution < 1.29 is 19.3 Å². The number of primary amides is 1. The molecule has 7 heteroatoms. The summed E-state index contributed by atoms with van der Waals surface area (Å²) in [6, 6.07) is 4.67. The monoisotopic (exact) mass is 262 g/mol. The van der Waals surface area contributed by atoms with Crippen LogP contribution in [0.25, 0.3) is 0 Å². The average molecular weight is 262 g/mol. The molecule has 6 nitrogen and oxygen atoms in total. The zero-order valence-electron chi connectivity index (χ0n) is 10.6. The molecule has 2 rings (SSSR count). The third-order valence-electron chi connectivity index (χ3n) is 2.96. The van der Waals surface area contributed by atoms with Crippen LogP contribution in [0.3, 0.4) is 0 Å². The largest absolute Gasteiger partial charge is 0.491 e. The van der Waals surface area contributed by atoms with E-state index in [1.165, 1.54) is 0 Å². The van der Waals surface area contributed by atoms with E-state index in [0.29, 0.717) is 17.6 Å². The van der Waals surface area contributed by atoms with Crippen LogP contribution in [0, 0.1) is 0 Å². The normalized spacial score (nSPS) is 14.9. The number of amides is 2. The van der Waals surface area contributed by atoms with Gasteiger partial charge in [-0.15, -0.1) is 0 Å². The van der Waals surface area contributed by atoms with E-state index in [1.54, 1.807) is 25.1 Å². The molecule has 0 aliphatic carbocycles. The molecule has 0 radical (unpaired) electrons. The predicted molar refractivity (Wildman–Crippen MR) is 69.6 cm³/mol. The van der Waals surface area contributed by atoms with Gasteiger partial charge in [0.25, 0.3) is 5.91 Å². The van der Waals surface area contributed by atoms with Gasteiger partial charge in [0.1, 0.15) is 0 Å². The van der Waals surface area contributed by atoms with Crippen molar-refractivity contribution in [3.8, 4) is 0 Å². The van der Waals surface area contributed by atoms with E-state index in [1.807, 2.05) is 0 Å². The standard InChI is InChI=1S/C12H15BN2O4/c1-7(4-11(14)16)15-12(17)8-2-3-9-6-19-13(18)10(9)5-8/h2-3,5,7,18H,4,6H2,1H3,(H2,14,16)(H,15,17). The fraction of sp³-hybridized carbons (Fsp3) is 0.333. The van der Waals surface area contributed by atoms with Gasteiger partial charge in [0.15, 0.2) is 0 Å². The number of benzene rings is 1. The van der Waals surface area contributed by atoms with E-state index in [0.717, 1.165) is 5.56 Å². The maximum Gasteiger partial charge on any atom is 0.491 e. The number of carbonyl (C=O) groups excluding carboxylic acids is 2. The quantitative estimate of drug-likeness (QED) is 0.599. The first-order chi connectivity index (χ1) is 8.97. The Hall–Kier alpha value is -1.86. The van der Waals surface area contributed by atoms with Gasteiger partial charge in [0.05, 0.1) is 6.61 Å². The molecule has 4 N–H and O–H groups in total. The second kappa shape index (κ2) is 5.42. The Bertz CT molecular complexity index is 520. The lowest BCUT2D eigenvalue weighted by atomic mass is 9.79. The number of hydrogen-bond acceptors (Lipinski definition) is 4. The predicted octanol–water partition coefficient (Wildman–Crippen LogP) is -1.10. The molecule has 1 unspecified atom stereocenters. The Morgan fingerprint density at radius 2 is 2.32 bits per heavy atom. The molecule has 0 spiro atoms. The van der Waals surface area contributed by atoms with Crippen LogP contribution in [0.1, 0.15) is 29.3 Å². The second-order valence-electron chi connectivity index (χ2n) is 4.62. The first-order valence-electron chi connectivity index (χ1n) is 5.99. The van der Waals surface area contributed by atoms with Gasteiger partial charge in [-0.1, -0.05) is 6.07 Å². The lowest BCUT2D eigenvalue weighted by Gasteiger charge is -2.12. The highest BCUT2D eigenvalue weighted by atomic mass is 16.5. The van der Waals surface area contributed by atoms with Crippen LogP contribution in [-0.4, -0.2) is 30.0 Å². The van der Waals surface area contributed by atoms with Crippen LogP contribution < -0.4 is 16.5 Å². The van der Waals surface area contributed by atoms with E-state index in [2.05, 4.69) is 5.32 Å². The van der Waals surface area contributed by atoms with Gasteiger partial charge in [-0.25, -0.2) is 0 Å². The average Bonchev–Trinajstić information content (AvgIpc) is 2.69. The summed E-state index contributed by atoms with van der Waals surface area (Å²) >= 11 is 0. The molecule has 2 amide bonds. The molecule has 0 aromatic heterocycles. The first-order valence-corrected chi connectivity index (χ1v) is 5.99. The van der Waals surface area contributed by atoms with Crippen molar-refractivity contribution >= 4 is 24.4 Å². The first kappa shape index (κ1) is 13.6. The Kier molecular flexibility index (Phi) is 3.87. The van der Waals surface area contributed by atoms with E-state index in [4.69, 9.17) is 10.4 Å². The van der Waals surface area contributed by atoms with Gasteiger partial charge in [-0.05, 0) is 30.1 Å². The fourth-order valence-electron chi connectivity index (χ4n) is 2.02. The van der Waals surface area contributed by atoms with Crippen LogP contribution >= 0.6 is 0 Å². The highest BCUT2D eigenvalue weighted by Crippen LogP contribution is 2.11.